The Labute approximate surface area is 173 Å². The molecule has 2 aromatic rings. The van der Waals surface area contributed by atoms with Gasteiger partial charge in [-0.25, -0.2) is 4.79 Å². The first-order chi connectivity index (χ1) is 14.1. The Morgan fingerprint density at radius 3 is 2.21 bits per heavy atom. The summed E-state index contributed by atoms with van der Waals surface area (Å²) >= 11 is 0. The van der Waals surface area contributed by atoms with E-state index in [4.69, 9.17) is 14.2 Å². The molecule has 3 atom stereocenters. The molecule has 4 heteroatoms. The molecule has 2 aliphatic rings. The van der Waals surface area contributed by atoms with E-state index in [1.54, 1.807) is 6.92 Å². The van der Waals surface area contributed by atoms with Crippen LogP contribution < -0.4 is 0 Å². The Bertz CT molecular complexity index is 768. The summed E-state index contributed by atoms with van der Waals surface area (Å²) in [6.45, 7) is 4.58. The molecule has 0 spiro atoms. The van der Waals surface area contributed by atoms with Crippen LogP contribution in [0, 0.1) is 5.41 Å². The Morgan fingerprint density at radius 2 is 1.62 bits per heavy atom. The van der Waals surface area contributed by atoms with Gasteiger partial charge in [0.2, 0.25) is 0 Å². The largest absolute Gasteiger partial charge is 0.464 e. The molecule has 2 aromatic carbocycles. The first-order valence-corrected chi connectivity index (χ1v) is 10.7. The number of esters is 1. The van der Waals surface area contributed by atoms with Gasteiger partial charge >= 0.3 is 5.97 Å². The highest BCUT2D eigenvalue weighted by atomic mass is 16.7. The summed E-state index contributed by atoms with van der Waals surface area (Å²) in [5.41, 5.74) is 2.32. The number of rotatable bonds is 7. The molecule has 1 heterocycles. The summed E-state index contributed by atoms with van der Waals surface area (Å²) in [7, 11) is 0. The number of carbonyl (C=O) groups excluding carboxylic acids is 1. The maximum Gasteiger partial charge on any atom is 0.335 e. The van der Waals surface area contributed by atoms with Gasteiger partial charge in [-0.2, -0.15) is 0 Å². The molecule has 2 fully saturated rings. The van der Waals surface area contributed by atoms with Crippen LogP contribution >= 0.6 is 0 Å². The fraction of sp³-hybridized carbons (Fsp3) is 0.480. The van der Waals surface area contributed by atoms with Crippen molar-refractivity contribution in [1.29, 1.82) is 0 Å². The van der Waals surface area contributed by atoms with Crippen molar-refractivity contribution in [3.63, 3.8) is 0 Å². The van der Waals surface area contributed by atoms with E-state index in [0.29, 0.717) is 13.2 Å². The molecule has 4 rings (SSSR count). The average molecular weight is 395 g/mol. The van der Waals surface area contributed by atoms with Gasteiger partial charge < -0.3 is 14.2 Å². The topological polar surface area (TPSA) is 44.8 Å². The third kappa shape index (κ3) is 3.49. The Hall–Kier alpha value is -2.17. The Balaban J connectivity index is 1.77. The van der Waals surface area contributed by atoms with Gasteiger partial charge in [-0.15, -0.1) is 0 Å². The highest BCUT2D eigenvalue weighted by molar-refractivity contribution is 5.74. The van der Waals surface area contributed by atoms with Crippen molar-refractivity contribution in [3.05, 3.63) is 71.8 Å². The molecule has 1 aliphatic carbocycles. The standard InChI is InChI=1S/C25H30O4/c1-3-27-23(26)19(2)29-25-16-10-15-24(25,17-18-28-25)22(20-11-6-4-7-12-20)21-13-8-5-9-14-21/h4-9,11-14,19,22H,3,10,15-18H2,1-2H3/t19?,24?,25-/m0/s1. The van der Waals surface area contributed by atoms with Crippen LogP contribution in [0.5, 0.6) is 0 Å². The molecule has 4 nitrogen and oxygen atoms in total. The monoisotopic (exact) mass is 394 g/mol. The Kier molecular flexibility index (Phi) is 5.75. The van der Waals surface area contributed by atoms with Crippen LogP contribution in [0.15, 0.2) is 60.7 Å². The van der Waals surface area contributed by atoms with Crippen molar-refractivity contribution in [1.82, 2.24) is 0 Å². The highest BCUT2D eigenvalue weighted by Gasteiger charge is 2.65. The number of carbonyl (C=O) groups is 1. The van der Waals surface area contributed by atoms with E-state index in [9.17, 15) is 4.79 Å². The molecule has 154 valence electrons. The van der Waals surface area contributed by atoms with Crippen molar-refractivity contribution in [2.24, 2.45) is 5.41 Å². The summed E-state index contributed by atoms with van der Waals surface area (Å²) in [5, 5.41) is 0. The van der Waals surface area contributed by atoms with E-state index in [1.165, 1.54) is 11.1 Å². The number of fused-ring (bicyclic) bond motifs is 1. The first-order valence-electron chi connectivity index (χ1n) is 10.7. The molecule has 1 saturated heterocycles. The van der Waals surface area contributed by atoms with Crippen LogP contribution in [0.4, 0.5) is 0 Å². The van der Waals surface area contributed by atoms with Crippen LogP contribution in [-0.4, -0.2) is 31.1 Å². The molecule has 0 aromatic heterocycles. The summed E-state index contributed by atoms with van der Waals surface area (Å²) in [6.07, 6.45) is 3.09. The molecule has 1 aliphatic heterocycles. The van der Waals surface area contributed by atoms with Gasteiger partial charge in [-0.05, 0) is 44.2 Å². The maximum absolute atomic E-state index is 12.3. The molecule has 0 amide bonds. The van der Waals surface area contributed by atoms with Crippen LogP contribution in [0.25, 0.3) is 0 Å². The van der Waals surface area contributed by atoms with Gasteiger partial charge in [0.1, 0.15) is 0 Å². The predicted octanol–water partition coefficient (Wildman–Crippen LogP) is 5.07. The van der Waals surface area contributed by atoms with Crippen molar-refractivity contribution in [2.75, 3.05) is 13.2 Å². The second-order valence-electron chi connectivity index (χ2n) is 8.13. The summed E-state index contributed by atoms with van der Waals surface area (Å²) in [6, 6.07) is 21.3. The zero-order valence-electron chi connectivity index (χ0n) is 17.3. The minimum Gasteiger partial charge on any atom is -0.464 e. The Morgan fingerprint density at radius 1 is 1.00 bits per heavy atom. The van der Waals surface area contributed by atoms with Crippen molar-refractivity contribution in [2.45, 2.75) is 57.3 Å². The van der Waals surface area contributed by atoms with Crippen molar-refractivity contribution in [3.8, 4) is 0 Å². The van der Waals surface area contributed by atoms with E-state index in [-0.39, 0.29) is 17.3 Å². The quantitative estimate of drug-likeness (QED) is 0.615. The van der Waals surface area contributed by atoms with Crippen LogP contribution in [-0.2, 0) is 19.0 Å². The van der Waals surface area contributed by atoms with E-state index in [1.807, 2.05) is 6.92 Å². The van der Waals surface area contributed by atoms with Crippen LogP contribution in [0.1, 0.15) is 56.6 Å². The average Bonchev–Trinajstić information content (AvgIpc) is 3.25. The zero-order valence-corrected chi connectivity index (χ0v) is 17.3. The normalized spacial score (nSPS) is 27.0. The SMILES string of the molecule is CCOC(=O)C(C)O[C@@]12CCCC1(C(c1ccccc1)c1ccccc1)CCO2. The predicted molar refractivity (Wildman–Crippen MR) is 111 cm³/mol. The fourth-order valence-electron chi connectivity index (χ4n) is 5.44. The van der Waals surface area contributed by atoms with Gasteiger partial charge in [0, 0.05) is 17.8 Å². The van der Waals surface area contributed by atoms with Gasteiger partial charge in [0.05, 0.1) is 13.2 Å². The van der Waals surface area contributed by atoms with E-state index >= 15 is 0 Å². The lowest BCUT2D eigenvalue weighted by Gasteiger charge is -2.45. The first kappa shape index (κ1) is 20.1. The third-order valence-electron chi connectivity index (χ3n) is 6.57. The van der Waals surface area contributed by atoms with Crippen LogP contribution in [0.2, 0.25) is 0 Å². The number of ether oxygens (including phenoxy) is 3. The summed E-state index contributed by atoms with van der Waals surface area (Å²) in [4.78, 5) is 12.3. The number of benzene rings is 2. The molecular formula is C25H30O4. The smallest absolute Gasteiger partial charge is 0.335 e. The molecule has 2 unspecified atom stereocenters. The van der Waals surface area contributed by atoms with Crippen LogP contribution in [0.3, 0.4) is 0 Å². The van der Waals surface area contributed by atoms with Crippen molar-refractivity contribution < 1.29 is 19.0 Å². The molecular weight excluding hydrogens is 364 g/mol. The molecule has 0 radical (unpaired) electrons. The minimum atomic E-state index is -0.768. The fourth-order valence-corrected chi connectivity index (χ4v) is 5.44. The molecule has 1 saturated carbocycles. The molecule has 0 bridgehead atoms. The van der Waals surface area contributed by atoms with E-state index < -0.39 is 11.9 Å². The summed E-state index contributed by atoms with van der Waals surface area (Å²) in [5.74, 6) is -0.950. The highest BCUT2D eigenvalue weighted by Crippen LogP contribution is 2.64. The lowest BCUT2D eigenvalue weighted by molar-refractivity contribution is -0.269. The summed E-state index contributed by atoms with van der Waals surface area (Å²) < 4.78 is 18.0. The van der Waals surface area contributed by atoms with E-state index in [0.717, 1.165) is 25.7 Å². The lowest BCUT2D eigenvalue weighted by atomic mass is 9.64. The van der Waals surface area contributed by atoms with Crippen molar-refractivity contribution >= 4 is 5.97 Å². The number of hydrogen-bond donors (Lipinski definition) is 0. The molecule has 0 N–H and O–H groups in total. The lowest BCUT2D eigenvalue weighted by Crippen LogP contribution is -2.50. The van der Waals surface area contributed by atoms with Gasteiger partial charge in [0.15, 0.2) is 11.9 Å². The van der Waals surface area contributed by atoms with E-state index in [2.05, 4.69) is 60.7 Å². The minimum absolute atomic E-state index is 0.143. The second kappa shape index (κ2) is 8.29. The van der Waals surface area contributed by atoms with Gasteiger partial charge in [-0.3, -0.25) is 0 Å². The zero-order chi connectivity index (χ0) is 20.3. The van der Waals surface area contributed by atoms with Gasteiger partial charge in [-0.1, -0.05) is 60.7 Å². The second-order valence-corrected chi connectivity index (χ2v) is 8.13. The number of hydrogen-bond acceptors (Lipinski definition) is 4. The molecule has 29 heavy (non-hydrogen) atoms. The third-order valence-corrected chi connectivity index (χ3v) is 6.57. The maximum atomic E-state index is 12.3. The van der Waals surface area contributed by atoms with Gasteiger partial charge in [0.25, 0.3) is 0 Å².